The van der Waals surface area contributed by atoms with E-state index < -0.39 is 0 Å². The lowest BCUT2D eigenvalue weighted by Crippen LogP contribution is -2.33. The summed E-state index contributed by atoms with van der Waals surface area (Å²) in [6, 6.07) is 7.97. The van der Waals surface area contributed by atoms with Crippen LogP contribution in [-0.2, 0) is 6.54 Å². The van der Waals surface area contributed by atoms with Crippen molar-refractivity contribution < 1.29 is 9.59 Å². The summed E-state index contributed by atoms with van der Waals surface area (Å²) < 4.78 is 0. The number of nitrogens with zero attached hydrogens (tertiary/aromatic N) is 3. The SMILES string of the molecule is CNC(=O)c1ccc(C2CCN(Cc3ccnc(NC(=O)NC4CC4)c3)CC2)c(C)n1. The second-order valence-electron chi connectivity index (χ2n) is 8.42. The van der Waals surface area contributed by atoms with Crippen LogP contribution in [0.15, 0.2) is 30.5 Å². The van der Waals surface area contributed by atoms with Crippen molar-refractivity contribution in [2.45, 2.75) is 51.1 Å². The van der Waals surface area contributed by atoms with Gasteiger partial charge in [0.25, 0.3) is 5.91 Å². The highest BCUT2D eigenvalue weighted by Gasteiger charge is 2.24. The number of aryl methyl sites for hydroxylation is 1. The van der Waals surface area contributed by atoms with Crippen LogP contribution in [0.25, 0.3) is 0 Å². The Morgan fingerprint density at radius 3 is 2.58 bits per heavy atom. The van der Waals surface area contributed by atoms with Crippen molar-refractivity contribution in [2.75, 3.05) is 25.5 Å². The topological polar surface area (TPSA) is 99.3 Å². The van der Waals surface area contributed by atoms with Crippen molar-refractivity contribution >= 4 is 17.8 Å². The molecule has 3 amide bonds. The summed E-state index contributed by atoms with van der Waals surface area (Å²) in [6.45, 7) is 4.81. The van der Waals surface area contributed by atoms with E-state index in [0.717, 1.165) is 56.6 Å². The minimum atomic E-state index is -0.181. The molecule has 1 saturated carbocycles. The number of carbonyl (C=O) groups is 2. The van der Waals surface area contributed by atoms with E-state index in [4.69, 9.17) is 0 Å². The number of pyridine rings is 2. The summed E-state index contributed by atoms with van der Waals surface area (Å²) in [4.78, 5) is 34.9. The molecule has 8 nitrogen and oxygen atoms in total. The van der Waals surface area contributed by atoms with Gasteiger partial charge in [0.2, 0.25) is 0 Å². The van der Waals surface area contributed by atoms with Gasteiger partial charge >= 0.3 is 6.03 Å². The highest BCUT2D eigenvalue weighted by atomic mass is 16.2. The van der Waals surface area contributed by atoms with E-state index in [0.29, 0.717) is 23.5 Å². The van der Waals surface area contributed by atoms with E-state index in [-0.39, 0.29) is 11.9 Å². The number of amides is 3. The number of nitrogens with one attached hydrogen (secondary N) is 3. The predicted molar refractivity (Wildman–Crippen MR) is 119 cm³/mol. The Kier molecular flexibility index (Phi) is 6.46. The third-order valence-corrected chi connectivity index (χ3v) is 6.00. The Morgan fingerprint density at radius 1 is 1.13 bits per heavy atom. The Morgan fingerprint density at radius 2 is 1.90 bits per heavy atom. The smallest absolute Gasteiger partial charge is 0.320 e. The van der Waals surface area contributed by atoms with Crippen LogP contribution in [0.3, 0.4) is 0 Å². The fourth-order valence-electron chi connectivity index (χ4n) is 4.12. The van der Waals surface area contributed by atoms with E-state index in [1.807, 2.05) is 25.1 Å². The molecule has 1 saturated heterocycles. The van der Waals surface area contributed by atoms with Gasteiger partial charge in [-0.25, -0.2) is 14.8 Å². The van der Waals surface area contributed by atoms with Crippen molar-refractivity contribution in [3.05, 3.63) is 53.0 Å². The molecule has 0 spiro atoms. The van der Waals surface area contributed by atoms with Crippen LogP contribution in [-0.4, -0.2) is 53.0 Å². The van der Waals surface area contributed by atoms with Crippen LogP contribution in [0.5, 0.6) is 0 Å². The minimum Gasteiger partial charge on any atom is -0.354 e. The van der Waals surface area contributed by atoms with Crippen molar-refractivity contribution in [3.8, 4) is 0 Å². The summed E-state index contributed by atoms with van der Waals surface area (Å²) in [7, 11) is 1.62. The van der Waals surface area contributed by atoms with Gasteiger partial charge in [-0.2, -0.15) is 0 Å². The van der Waals surface area contributed by atoms with Gasteiger partial charge in [-0.15, -0.1) is 0 Å². The number of carbonyl (C=O) groups excluding carboxylic acids is 2. The zero-order valence-corrected chi connectivity index (χ0v) is 18.1. The minimum absolute atomic E-state index is 0.152. The number of anilines is 1. The molecule has 31 heavy (non-hydrogen) atoms. The third-order valence-electron chi connectivity index (χ3n) is 6.00. The zero-order valence-electron chi connectivity index (χ0n) is 18.1. The second kappa shape index (κ2) is 9.43. The second-order valence-corrected chi connectivity index (χ2v) is 8.42. The van der Waals surface area contributed by atoms with Gasteiger partial charge in [-0.3, -0.25) is 15.0 Å². The van der Waals surface area contributed by atoms with Gasteiger partial charge in [0.05, 0.1) is 0 Å². The number of hydrogen-bond acceptors (Lipinski definition) is 5. The molecule has 2 aromatic rings. The number of aromatic nitrogens is 2. The Balaban J connectivity index is 1.30. The normalized spacial score (nSPS) is 17.2. The van der Waals surface area contributed by atoms with Crippen LogP contribution in [0.2, 0.25) is 0 Å². The molecule has 8 heteroatoms. The summed E-state index contributed by atoms with van der Waals surface area (Å²) in [5.41, 5.74) is 3.79. The molecule has 1 aliphatic heterocycles. The largest absolute Gasteiger partial charge is 0.354 e. The quantitative estimate of drug-likeness (QED) is 0.665. The summed E-state index contributed by atoms with van der Waals surface area (Å²) in [6.07, 6.45) is 5.98. The molecule has 0 atom stereocenters. The van der Waals surface area contributed by atoms with Crippen LogP contribution in [0.4, 0.5) is 10.6 Å². The van der Waals surface area contributed by atoms with Crippen LogP contribution in [0, 0.1) is 6.92 Å². The van der Waals surface area contributed by atoms with Crippen LogP contribution >= 0.6 is 0 Å². The lowest BCUT2D eigenvalue weighted by Gasteiger charge is -2.32. The molecule has 0 aromatic carbocycles. The van der Waals surface area contributed by atoms with Crippen LogP contribution in [0.1, 0.15) is 58.9 Å². The van der Waals surface area contributed by atoms with Gasteiger partial charge in [0.15, 0.2) is 0 Å². The fourth-order valence-corrected chi connectivity index (χ4v) is 4.12. The van der Waals surface area contributed by atoms with Crippen molar-refractivity contribution in [3.63, 3.8) is 0 Å². The molecular formula is C23H30N6O2. The molecule has 0 unspecified atom stereocenters. The molecule has 0 bridgehead atoms. The molecule has 3 heterocycles. The summed E-state index contributed by atoms with van der Waals surface area (Å²) >= 11 is 0. The van der Waals surface area contributed by atoms with Gasteiger partial charge in [0.1, 0.15) is 11.5 Å². The lowest BCUT2D eigenvalue weighted by atomic mass is 9.88. The number of urea groups is 1. The molecule has 3 N–H and O–H groups in total. The highest BCUT2D eigenvalue weighted by molar-refractivity contribution is 5.92. The van der Waals surface area contributed by atoms with Gasteiger partial charge in [-0.1, -0.05) is 6.07 Å². The first kappa shape index (κ1) is 21.2. The maximum absolute atomic E-state index is 11.9. The molecule has 2 aliphatic rings. The van der Waals surface area contributed by atoms with Gasteiger partial charge in [0, 0.05) is 31.5 Å². The molecule has 1 aliphatic carbocycles. The van der Waals surface area contributed by atoms with E-state index in [9.17, 15) is 9.59 Å². The number of rotatable bonds is 6. The highest BCUT2D eigenvalue weighted by Crippen LogP contribution is 2.30. The number of piperidine rings is 1. The fraction of sp³-hybridized carbons (Fsp3) is 0.478. The van der Waals surface area contributed by atoms with Crippen molar-refractivity contribution in [1.82, 2.24) is 25.5 Å². The lowest BCUT2D eigenvalue weighted by molar-refractivity contribution is 0.0958. The maximum Gasteiger partial charge on any atom is 0.320 e. The average molecular weight is 423 g/mol. The summed E-state index contributed by atoms with van der Waals surface area (Å²) in [5, 5.41) is 8.36. The molecule has 2 aromatic heterocycles. The Labute approximate surface area is 182 Å². The maximum atomic E-state index is 11.9. The van der Waals surface area contributed by atoms with Crippen molar-refractivity contribution in [1.29, 1.82) is 0 Å². The van der Waals surface area contributed by atoms with Crippen LogP contribution < -0.4 is 16.0 Å². The number of hydrogen-bond donors (Lipinski definition) is 3. The van der Waals surface area contributed by atoms with E-state index >= 15 is 0 Å². The summed E-state index contributed by atoms with van der Waals surface area (Å²) in [5.74, 6) is 0.896. The molecule has 4 rings (SSSR count). The number of likely N-dealkylation sites (tertiary alicyclic amines) is 1. The first-order valence-electron chi connectivity index (χ1n) is 11.0. The van der Waals surface area contributed by atoms with Gasteiger partial charge < -0.3 is 10.6 Å². The molecule has 2 fully saturated rings. The first-order valence-corrected chi connectivity index (χ1v) is 11.0. The van der Waals surface area contributed by atoms with Gasteiger partial charge in [-0.05, 0) is 80.9 Å². The van der Waals surface area contributed by atoms with E-state index in [1.54, 1.807) is 13.2 Å². The van der Waals surface area contributed by atoms with E-state index in [2.05, 4.69) is 36.9 Å². The monoisotopic (exact) mass is 422 g/mol. The zero-order chi connectivity index (χ0) is 21.8. The average Bonchev–Trinajstić information content (AvgIpc) is 3.58. The third kappa shape index (κ3) is 5.58. The first-order chi connectivity index (χ1) is 15.0. The molecule has 0 radical (unpaired) electrons. The predicted octanol–water partition coefficient (Wildman–Crippen LogP) is 2.81. The molecule has 164 valence electrons. The standard InChI is InChI=1S/C23H30N6O2/c1-15-19(5-6-20(26-15)22(30)24-2)17-8-11-29(12-9-17)14-16-7-10-25-21(13-16)28-23(31)27-18-3-4-18/h5-7,10,13,17-18H,3-4,8-9,11-12,14H2,1-2H3,(H,24,30)(H2,25,27,28,31). The van der Waals surface area contributed by atoms with E-state index in [1.165, 1.54) is 5.56 Å². The Bertz CT molecular complexity index is 951. The van der Waals surface area contributed by atoms with Crippen molar-refractivity contribution in [2.24, 2.45) is 0 Å². The Hall–Kier alpha value is -3.00. The molecular weight excluding hydrogens is 392 g/mol.